The van der Waals surface area contributed by atoms with Gasteiger partial charge in [-0.3, -0.25) is 4.79 Å². The van der Waals surface area contributed by atoms with Crippen molar-refractivity contribution in [1.29, 1.82) is 0 Å². The highest BCUT2D eigenvalue weighted by molar-refractivity contribution is 5.86. The lowest BCUT2D eigenvalue weighted by atomic mass is 9.92. The van der Waals surface area contributed by atoms with Crippen molar-refractivity contribution in [3.8, 4) is 5.75 Å². The third-order valence-corrected chi connectivity index (χ3v) is 4.64. The first kappa shape index (κ1) is 20.1. The molecule has 0 aromatic heterocycles. The second-order valence-electron chi connectivity index (χ2n) is 7.48. The second kappa shape index (κ2) is 9.46. The third kappa shape index (κ3) is 5.93. The molecule has 1 heterocycles. The number of amides is 1. The SMILES string of the molecule is COc1ccc(CN=C(NCC(=O)N(C)C)N2CC(C)CC(C)C2)cc1. The minimum absolute atomic E-state index is 0.0419. The van der Waals surface area contributed by atoms with Gasteiger partial charge in [0.05, 0.1) is 20.2 Å². The molecule has 1 aliphatic heterocycles. The molecule has 6 nitrogen and oxygen atoms in total. The molecule has 2 rings (SSSR count). The Morgan fingerprint density at radius 3 is 2.38 bits per heavy atom. The maximum absolute atomic E-state index is 12.0. The summed E-state index contributed by atoms with van der Waals surface area (Å²) >= 11 is 0. The molecule has 6 heteroatoms. The molecule has 0 bridgehead atoms. The van der Waals surface area contributed by atoms with E-state index in [9.17, 15) is 4.79 Å². The van der Waals surface area contributed by atoms with Crippen molar-refractivity contribution in [3.05, 3.63) is 29.8 Å². The molecule has 1 fully saturated rings. The van der Waals surface area contributed by atoms with Crippen LogP contribution in [-0.2, 0) is 11.3 Å². The number of carbonyl (C=O) groups excluding carboxylic acids is 1. The Balaban J connectivity index is 2.10. The number of hydrogen-bond acceptors (Lipinski definition) is 3. The van der Waals surface area contributed by atoms with Crippen molar-refractivity contribution < 1.29 is 9.53 Å². The van der Waals surface area contributed by atoms with Crippen molar-refractivity contribution in [3.63, 3.8) is 0 Å². The first-order chi connectivity index (χ1) is 12.4. The van der Waals surface area contributed by atoms with Gasteiger partial charge < -0.3 is 19.9 Å². The van der Waals surface area contributed by atoms with Crippen LogP contribution in [0.1, 0.15) is 25.8 Å². The molecule has 2 atom stereocenters. The van der Waals surface area contributed by atoms with Crippen LogP contribution >= 0.6 is 0 Å². The number of nitrogens with one attached hydrogen (secondary N) is 1. The van der Waals surface area contributed by atoms with Crippen LogP contribution in [0.4, 0.5) is 0 Å². The Morgan fingerprint density at radius 2 is 1.85 bits per heavy atom. The summed E-state index contributed by atoms with van der Waals surface area (Å²) < 4.78 is 5.20. The Morgan fingerprint density at radius 1 is 1.23 bits per heavy atom. The van der Waals surface area contributed by atoms with Gasteiger partial charge in [0.1, 0.15) is 5.75 Å². The zero-order valence-electron chi connectivity index (χ0n) is 16.7. The number of guanidine groups is 1. The van der Waals surface area contributed by atoms with Gasteiger partial charge >= 0.3 is 0 Å². The van der Waals surface area contributed by atoms with Crippen molar-refractivity contribution >= 4 is 11.9 Å². The van der Waals surface area contributed by atoms with Gasteiger partial charge in [-0.15, -0.1) is 0 Å². The maximum atomic E-state index is 12.0. The Hall–Kier alpha value is -2.24. The fraction of sp³-hybridized carbons (Fsp3) is 0.600. The molecule has 26 heavy (non-hydrogen) atoms. The van der Waals surface area contributed by atoms with Gasteiger partial charge in [0.2, 0.25) is 5.91 Å². The minimum Gasteiger partial charge on any atom is -0.497 e. The lowest BCUT2D eigenvalue weighted by molar-refractivity contribution is -0.127. The van der Waals surface area contributed by atoms with E-state index in [0.29, 0.717) is 18.4 Å². The van der Waals surface area contributed by atoms with E-state index in [1.807, 2.05) is 24.3 Å². The highest BCUT2D eigenvalue weighted by Crippen LogP contribution is 2.21. The Bertz CT molecular complexity index is 603. The number of ether oxygens (including phenoxy) is 1. The van der Waals surface area contributed by atoms with Gasteiger partial charge in [-0.05, 0) is 36.0 Å². The maximum Gasteiger partial charge on any atom is 0.241 e. The highest BCUT2D eigenvalue weighted by atomic mass is 16.5. The van der Waals surface area contributed by atoms with E-state index in [-0.39, 0.29) is 12.5 Å². The summed E-state index contributed by atoms with van der Waals surface area (Å²) in [4.78, 5) is 20.6. The quantitative estimate of drug-likeness (QED) is 0.646. The predicted octanol–water partition coefficient (Wildman–Crippen LogP) is 2.21. The summed E-state index contributed by atoms with van der Waals surface area (Å²) in [6.45, 7) is 7.31. The Labute approximate surface area is 157 Å². The van der Waals surface area contributed by atoms with Crippen LogP contribution in [0, 0.1) is 11.8 Å². The summed E-state index contributed by atoms with van der Waals surface area (Å²) in [6.07, 6.45) is 1.24. The topological polar surface area (TPSA) is 57.2 Å². The van der Waals surface area contributed by atoms with Gasteiger partial charge in [-0.2, -0.15) is 0 Å². The largest absolute Gasteiger partial charge is 0.497 e. The van der Waals surface area contributed by atoms with Crippen LogP contribution in [0.3, 0.4) is 0 Å². The van der Waals surface area contributed by atoms with Crippen molar-refractivity contribution in [2.45, 2.75) is 26.8 Å². The van der Waals surface area contributed by atoms with Crippen molar-refractivity contribution in [2.75, 3.05) is 40.8 Å². The molecule has 1 saturated heterocycles. The molecule has 144 valence electrons. The molecule has 0 saturated carbocycles. The van der Waals surface area contributed by atoms with Crippen LogP contribution in [0.15, 0.2) is 29.3 Å². The molecule has 1 aromatic carbocycles. The van der Waals surface area contributed by atoms with Gasteiger partial charge in [-0.1, -0.05) is 26.0 Å². The van der Waals surface area contributed by atoms with E-state index >= 15 is 0 Å². The standard InChI is InChI=1S/C20H32N4O2/c1-15-10-16(2)14-24(13-15)20(22-12-19(25)23(3)4)21-11-17-6-8-18(26-5)9-7-17/h6-9,15-16H,10-14H2,1-5H3,(H,21,22). The van der Waals surface area contributed by atoms with E-state index in [4.69, 9.17) is 9.73 Å². The van der Waals surface area contributed by atoms with Crippen molar-refractivity contribution in [2.24, 2.45) is 16.8 Å². The first-order valence-corrected chi connectivity index (χ1v) is 9.25. The molecule has 0 aliphatic carbocycles. The molecule has 2 unspecified atom stereocenters. The fourth-order valence-electron chi connectivity index (χ4n) is 3.31. The number of likely N-dealkylation sites (N-methyl/N-ethyl adjacent to an activating group) is 1. The van der Waals surface area contributed by atoms with E-state index in [1.165, 1.54) is 6.42 Å². The molecule has 1 N–H and O–H groups in total. The summed E-state index contributed by atoms with van der Waals surface area (Å²) in [5.41, 5.74) is 1.11. The predicted molar refractivity (Wildman–Crippen MR) is 105 cm³/mol. The number of hydrogen-bond donors (Lipinski definition) is 1. The van der Waals surface area contributed by atoms with E-state index in [2.05, 4.69) is 24.1 Å². The second-order valence-corrected chi connectivity index (χ2v) is 7.48. The van der Waals surface area contributed by atoms with Crippen LogP contribution in [0.5, 0.6) is 5.75 Å². The molecular weight excluding hydrogens is 328 g/mol. The zero-order valence-corrected chi connectivity index (χ0v) is 16.7. The number of rotatable bonds is 5. The van der Waals surface area contributed by atoms with E-state index in [1.54, 1.807) is 26.1 Å². The average molecular weight is 361 g/mol. The summed E-state index contributed by atoms with van der Waals surface area (Å²) in [7, 11) is 5.20. The molecule has 1 aliphatic rings. The van der Waals surface area contributed by atoms with Gasteiger partial charge in [0.25, 0.3) is 0 Å². The van der Waals surface area contributed by atoms with Gasteiger partial charge in [-0.25, -0.2) is 4.99 Å². The number of nitrogens with zero attached hydrogens (tertiary/aromatic N) is 3. The highest BCUT2D eigenvalue weighted by Gasteiger charge is 2.24. The van der Waals surface area contributed by atoms with Crippen molar-refractivity contribution in [1.82, 2.24) is 15.1 Å². The van der Waals surface area contributed by atoms with Crippen LogP contribution in [-0.4, -0.2) is 62.5 Å². The van der Waals surface area contributed by atoms with E-state index < -0.39 is 0 Å². The van der Waals surface area contributed by atoms with Gasteiger partial charge in [0.15, 0.2) is 5.96 Å². The fourth-order valence-corrected chi connectivity index (χ4v) is 3.31. The molecule has 1 aromatic rings. The van der Waals surface area contributed by atoms with Crippen LogP contribution < -0.4 is 10.1 Å². The van der Waals surface area contributed by atoms with Crippen LogP contribution in [0.2, 0.25) is 0 Å². The number of benzene rings is 1. The molecule has 1 amide bonds. The smallest absolute Gasteiger partial charge is 0.241 e. The zero-order chi connectivity index (χ0) is 19.1. The first-order valence-electron chi connectivity index (χ1n) is 9.25. The Kier molecular flexibility index (Phi) is 7.30. The average Bonchev–Trinajstić information content (AvgIpc) is 2.61. The van der Waals surface area contributed by atoms with Gasteiger partial charge in [0, 0.05) is 27.2 Å². The van der Waals surface area contributed by atoms with E-state index in [0.717, 1.165) is 30.4 Å². The number of methoxy groups -OCH3 is 1. The third-order valence-electron chi connectivity index (χ3n) is 4.64. The summed E-state index contributed by atoms with van der Waals surface area (Å²) in [5, 5.41) is 3.26. The number of aliphatic imine (C=N–C) groups is 1. The lowest BCUT2D eigenvalue weighted by Crippen LogP contribution is -2.50. The lowest BCUT2D eigenvalue weighted by Gasteiger charge is -2.37. The molecule has 0 spiro atoms. The minimum atomic E-state index is 0.0419. The molecular formula is C20H32N4O2. The number of carbonyl (C=O) groups is 1. The monoisotopic (exact) mass is 360 g/mol. The number of piperidine rings is 1. The summed E-state index contributed by atoms with van der Waals surface area (Å²) in [5.74, 6) is 2.94. The van der Waals surface area contributed by atoms with Crippen LogP contribution in [0.25, 0.3) is 0 Å². The summed E-state index contributed by atoms with van der Waals surface area (Å²) in [6, 6.07) is 7.93. The molecule has 0 radical (unpaired) electrons. The number of likely N-dealkylation sites (tertiary alicyclic amines) is 1. The normalized spacial score (nSPS) is 20.7.